The van der Waals surface area contributed by atoms with Gasteiger partial charge in [0.15, 0.2) is 0 Å². The summed E-state index contributed by atoms with van der Waals surface area (Å²) in [6.45, 7) is 11.4. The molecule has 2 aliphatic rings. The molecule has 1 fully saturated rings. The van der Waals surface area contributed by atoms with E-state index < -0.39 is 20.7 Å². The highest BCUT2D eigenvalue weighted by atomic mass is 32.2. The zero-order chi connectivity index (χ0) is 30.4. The molecule has 0 spiro atoms. The van der Waals surface area contributed by atoms with Gasteiger partial charge in [-0.05, 0) is 70.7 Å². The normalized spacial score (nSPS) is 15.9. The van der Waals surface area contributed by atoms with Crippen LogP contribution in [0.15, 0.2) is 66.6 Å². The molecule has 10 nitrogen and oxygen atoms in total. The third-order valence-electron chi connectivity index (χ3n) is 7.99. The first-order chi connectivity index (χ1) is 19.9. The number of carbonyl (C=O) groups excluding carboxylic acids is 1. The van der Waals surface area contributed by atoms with Crippen molar-refractivity contribution in [3.8, 4) is 5.75 Å². The Morgan fingerprint density at radius 1 is 1.17 bits per heavy atom. The van der Waals surface area contributed by atoms with Crippen LogP contribution < -0.4 is 20.5 Å². The maximum Gasteiger partial charge on any atom is 0.256 e. The second-order valence-corrected chi connectivity index (χ2v) is 13.4. The van der Waals surface area contributed by atoms with Crippen molar-refractivity contribution in [1.82, 2.24) is 19.2 Å². The first kappa shape index (κ1) is 29.2. The highest BCUT2D eigenvalue weighted by Crippen LogP contribution is 2.49. The number of fused-ring (bicyclic) bond motifs is 1. The van der Waals surface area contributed by atoms with E-state index in [4.69, 9.17) is 4.74 Å². The van der Waals surface area contributed by atoms with Gasteiger partial charge in [0.25, 0.3) is 11.5 Å². The number of carbonyl (C=O) groups is 1. The number of nitrogens with zero attached hydrogens (tertiary/aromatic N) is 3. The van der Waals surface area contributed by atoms with Crippen LogP contribution in [0.3, 0.4) is 0 Å². The van der Waals surface area contributed by atoms with Crippen LogP contribution in [0.5, 0.6) is 5.75 Å². The van der Waals surface area contributed by atoms with Gasteiger partial charge in [-0.3, -0.25) is 9.59 Å². The molecule has 0 bridgehead atoms. The zero-order valence-corrected chi connectivity index (χ0v) is 25.4. The van der Waals surface area contributed by atoms with Crippen LogP contribution in [-0.2, 0) is 16.6 Å². The first-order valence-electron chi connectivity index (χ1n) is 13.9. The van der Waals surface area contributed by atoms with E-state index in [1.165, 1.54) is 11.1 Å². The maximum atomic E-state index is 14.0. The average Bonchev–Trinajstić information content (AvgIpc) is 3.68. The average molecular weight is 592 g/mol. The molecule has 1 aliphatic heterocycles. The van der Waals surface area contributed by atoms with E-state index in [1.807, 2.05) is 34.6 Å². The van der Waals surface area contributed by atoms with Gasteiger partial charge in [0, 0.05) is 53.8 Å². The topological polar surface area (TPSA) is 117 Å². The highest BCUT2D eigenvalue weighted by Gasteiger charge is 2.54. The largest absolute Gasteiger partial charge is 0.496 e. The summed E-state index contributed by atoms with van der Waals surface area (Å²) in [6, 6.07) is 5.50. The number of methoxy groups -OCH3 is 1. The number of aryl methyl sites for hydroxylation is 2. The molecule has 3 aromatic rings. The van der Waals surface area contributed by atoms with Gasteiger partial charge in [0.1, 0.15) is 5.75 Å². The highest BCUT2D eigenvalue weighted by molar-refractivity contribution is 7.91. The number of amides is 1. The quantitative estimate of drug-likeness (QED) is 0.330. The SMILES string of the molecule is C=CCC1(S(=O)(=O)n2cc(C)c3c(C(=O)NCc4c(OC)cc(C)[nH]c4=O)cc(N4C=CN(C(C)C)C=C4)cc32)CC1. The van der Waals surface area contributed by atoms with Crippen molar-refractivity contribution < 1.29 is 17.9 Å². The molecule has 222 valence electrons. The Morgan fingerprint density at radius 2 is 1.86 bits per heavy atom. The monoisotopic (exact) mass is 591 g/mol. The van der Waals surface area contributed by atoms with Gasteiger partial charge >= 0.3 is 0 Å². The van der Waals surface area contributed by atoms with Crippen LogP contribution in [0, 0.1) is 13.8 Å². The van der Waals surface area contributed by atoms with Gasteiger partial charge in [-0.1, -0.05) is 6.08 Å². The lowest BCUT2D eigenvalue weighted by atomic mass is 10.0. The summed E-state index contributed by atoms with van der Waals surface area (Å²) in [6.07, 6.45) is 12.3. The Hall–Kier alpha value is -4.25. The Labute approximate surface area is 246 Å². The summed E-state index contributed by atoms with van der Waals surface area (Å²) in [5.41, 5.74) is 2.58. The number of rotatable bonds is 10. The second kappa shape index (κ2) is 10.9. The molecule has 42 heavy (non-hydrogen) atoms. The fourth-order valence-electron chi connectivity index (χ4n) is 5.43. The molecule has 2 N–H and O–H groups in total. The summed E-state index contributed by atoms with van der Waals surface area (Å²) in [7, 11) is -2.32. The number of anilines is 1. The van der Waals surface area contributed by atoms with E-state index in [1.54, 1.807) is 44.3 Å². The smallest absolute Gasteiger partial charge is 0.256 e. The van der Waals surface area contributed by atoms with Gasteiger partial charge in [-0.15, -0.1) is 6.58 Å². The maximum absolute atomic E-state index is 14.0. The van der Waals surface area contributed by atoms with Crippen LogP contribution in [0.4, 0.5) is 5.69 Å². The standard InChI is InChI=1S/C31H37N5O5S/c1-7-8-31(9-10-31)42(39,40)36-19-21(4)28-24(29(37)32-18-25-27(41-6)15-22(5)33-30(25)38)16-23(17-26(28)36)35-13-11-34(12-14-35)20(2)3/h7,11-17,19-20H,1,8-10,18H2,2-6H3,(H,32,37)(H,33,38). The van der Waals surface area contributed by atoms with Crippen LogP contribution in [0.1, 0.15) is 60.3 Å². The number of benzene rings is 1. The Bertz CT molecular complexity index is 1780. The second-order valence-electron chi connectivity index (χ2n) is 11.2. The van der Waals surface area contributed by atoms with Crippen molar-refractivity contribution in [3.63, 3.8) is 0 Å². The predicted octanol–water partition coefficient (Wildman–Crippen LogP) is 4.64. The fourth-order valence-corrected chi connectivity index (χ4v) is 7.49. The number of allylic oxidation sites excluding steroid dienone is 1. The molecule has 5 rings (SSSR count). The van der Waals surface area contributed by atoms with Gasteiger partial charge < -0.3 is 24.8 Å². The van der Waals surface area contributed by atoms with Crippen molar-refractivity contribution in [2.75, 3.05) is 12.0 Å². The lowest BCUT2D eigenvalue weighted by Gasteiger charge is -2.28. The Morgan fingerprint density at radius 3 is 2.45 bits per heavy atom. The lowest BCUT2D eigenvalue weighted by Crippen LogP contribution is -2.29. The zero-order valence-electron chi connectivity index (χ0n) is 24.6. The number of hydrogen-bond acceptors (Lipinski definition) is 7. The molecular weight excluding hydrogens is 554 g/mol. The van der Waals surface area contributed by atoms with E-state index in [0.29, 0.717) is 58.4 Å². The molecule has 1 aromatic carbocycles. The van der Waals surface area contributed by atoms with Crippen molar-refractivity contribution >= 4 is 32.5 Å². The minimum atomic E-state index is -3.79. The van der Waals surface area contributed by atoms with Crippen molar-refractivity contribution in [2.24, 2.45) is 0 Å². The summed E-state index contributed by atoms with van der Waals surface area (Å²) >= 11 is 0. The predicted molar refractivity (Wildman–Crippen MR) is 165 cm³/mol. The summed E-state index contributed by atoms with van der Waals surface area (Å²) in [4.78, 5) is 33.1. The third-order valence-corrected chi connectivity index (χ3v) is 10.5. The van der Waals surface area contributed by atoms with Gasteiger partial charge in [0.2, 0.25) is 10.0 Å². The number of pyridine rings is 1. The molecule has 1 aliphatic carbocycles. The summed E-state index contributed by atoms with van der Waals surface area (Å²) in [5.74, 6) is -0.0674. The number of aromatic nitrogens is 2. The van der Waals surface area contributed by atoms with Gasteiger partial charge in [-0.2, -0.15) is 0 Å². The van der Waals surface area contributed by atoms with Crippen molar-refractivity contribution in [3.05, 3.63) is 94.6 Å². The van der Waals surface area contributed by atoms with E-state index in [0.717, 1.165) is 0 Å². The van der Waals surface area contributed by atoms with E-state index in [2.05, 4.69) is 30.7 Å². The van der Waals surface area contributed by atoms with E-state index >= 15 is 0 Å². The molecule has 11 heteroatoms. The Kier molecular flexibility index (Phi) is 7.57. The minimum Gasteiger partial charge on any atom is -0.496 e. The molecule has 1 amide bonds. The van der Waals surface area contributed by atoms with Gasteiger partial charge in [-0.25, -0.2) is 12.4 Å². The van der Waals surface area contributed by atoms with E-state index in [9.17, 15) is 18.0 Å². The van der Waals surface area contributed by atoms with Crippen LogP contribution >= 0.6 is 0 Å². The Balaban J connectivity index is 1.62. The van der Waals surface area contributed by atoms with Crippen LogP contribution in [0.2, 0.25) is 0 Å². The fraction of sp³-hybridized carbons (Fsp3) is 0.355. The van der Waals surface area contributed by atoms with Gasteiger partial charge in [0.05, 0.1) is 35.0 Å². The molecule has 0 atom stereocenters. The van der Waals surface area contributed by atoms with E-state index in [-0.39, 0.29) is 23.7 Å². The number of hydrogen-bond donors (Lipinski definition) is 2. The molecule has 3 heterocycles. The molecule has 0 unspecified atom stereocenters. The minimum absolute atomic E-state index is 0.0727. The number of H-pyrrole nitrogens is 1. The molecular formula is C31H37N5O5S. The number of ether oxygens (including phenoxy) is 1. The lowest BCUT2D eigenvalue weighted by molar-refractivity contribution is 0.0952. The van der Waals surface area contributed by atoms with Crippen LogP contribution in [0.25, 0.3) is 10.9 Å². The number of aromatic amines is 1. The molecule has 0 radical (unpaired) electrons. The summed E-state index contributed by atoms with van der Waals surface area (Å²) in [5, 5.41) is 3.39. The number of nitrogens with one attached hydrogen (secondary N) is 2. The van der Waals surface area contributed by atoms with Crippen molar-refractivity contribution in [1.29, 1.82) is 0 Å². The first-order valence-corrected chi connectivity index (χ1v) is 15.4. The molecule has 1 saturated carbocycles. The summed E-state index contributed by atoms with van der Waals surface area (Å²) < 4.78 is 33.8. The molecule has 0 saturated heterocycles. The van der Waals surface area contributed by atoms with Crippen molar-refractivity contribution in [2.45, 2.75) is 64.3 Å². The molecule has 2 aromatic heterocycles. The third kappa shape index (κ3) is 5.02. The van der Waals surface area contributed by atoms with Crippen LogP contribution in [-0.4, -0.2) is 46.1 Å².